The number of benzene rings is 1. The summed E-state index contributed by atoms with van der Waals surface area (Å²) in [6.45, 7) is 2.31. The van der Waals surface area contributed by atoms with Gasteiger partial charge >= 0.3 is 0 Å². The summed E-state index contributed by atoms with van der Waals surface area (Å²) >= 11 is 9.21. The van der Waals surface area contributed by atoms with Crippen molar-refractivity contribution in [3.63, 3.8) is 0 Å². The molecule has 0 saturated heterocycles. The minimum Gasteiger partial charge on any atom is -0.297 e. The van der Waals surface area contributed by atoms with E-state index in [1.807, 2.05) is 19.1 Å². The smallest absolute Gasteiger partial charge is 0.261 e. The van der Waals surface area contributed by atoms with Gasteiger partial charge in [-0.3, -0.25) is 9.36 Å². The Bertz CT molecular complexity index is 580. The zero-order chi connectivity index (χ0) is 11.7. The van der Waals surface area contributed by atoms with Gasteiger partial charge in [-0.25, -0.2) is 4.98 Å². The van der Waals surface area contributed by atoms with Crippen LogP contribution in [0.25, 0.3) is 10.9 Å². The van der Waals surface area contributed by atoms with E-state index in [1.54, 1.807) is 6.07 Å². The lowest BCUT2D eigenvalue weighted by molar-refractivity contribution is 0.654. The Morgan fingerprint density at radius 2 is 2.31 bits per heavy atom. The van der Waals surface area contributed by atoms with Crippen molar-refractivity contribution in [2.24, 2.45) is 0 Å². The molecule has 0 aliphatic carbocycles. The molecule has 0 N–H and O–H groups in total. The molecule has 2 aromatic rings. The van der Waals surface area contributed by atoms with Gasteiger partial charge in [0.2, 0.25) is 0 Å². The average molecular weight is 302 g/mol. The minimum absolute atomic E-state index is 0.0567. The fourth-order valence-corrected chi connectivity index (χ4v) is 2.04. The summed E-state index contributed by atoms with van der Waals surface area (Å²) in [7, 11) is 0. The Labute approximate surface area is 106 Å². The first kappa shape index (κ1) is 11.6. The van der Waals surface area contributed by atoms with Crippen LogP contribution in [0.3, 0.4) is 0 Å². The molecule has 5 heteroatoms. The van der Waals surface area contributed by atoms with Crippen LogP contribution < -0.4 is 5.56 Å². The summed E-state index contributed by atoms with van der Waals surface area (Å²) in [5.74, 6) is 0. The molecule has 0 amide bonds. The molecule has 3 nitrogen and oxygen atoms in total. The summed E-state index contributed by atoms with van der Waals surface area (Å²) in [5.41, 5.74) is 0.644. The highest BCUT2D eigenvalue weighted by atomic mass is 79.9. The van der Waals surface area contributed by atoms with Gasteiger partial charge in [0.15, 0.2) is 0 Å². The number of fused-ring (bicyclic) bond motifs is 1. The highest BCUT2D eigenvalue weighted by molar-refractivity contribution is 9.10. The normalized spacial score (nSPS) is 12.9. The number of alkyl halides is 1. The Balaban J connectivity index is 2.64. The molecule has 1 aromatic heterocycles. The zero-order valence-corrected chi connectivity index (χ0v) is 11.0. The molecular weight excluding hydrogens is 291 g/mol. The first-order valence-corrected chi connectivity index (χ1v) is 6.09. The largest absolute Gasteiger partial charge is 0.297 e. The number of aromatic nitrogens is 2. The summed E-state index contributed by atoms with van der Waals surface area (Å²) in [6.07, 6.45) is 1.54. The topological polar surface area (TPSA) is 34.9 Å². The molecule has 0 radical (unpaired) electrons. The molecule has 1 heterocycles. The maximum atomic E-state index is 12.1. The van der Waals surface area contributed by atoms with Gasteiger partial charge in [-0.05, 0) is 25.1 Å². The lowest BCUT2D eigenvalue weighted by atomic mass is 10.2. The molecule has 84 valence electrons. The Morgan fingerprint density at radius 1 is 1.56 bits per heavy atom. The molecule has 16 heavy (non-hydrogen) atoms. The predicted molar refractivity (Wildman–Crippen MR) is 69.0 cm³/mol. The third kappa shape index (κ3) is 2.28. The van der Waals surface area contributed by atoms with Crippen molar-refractivity contribution in [1.29, 1.82) is 0 Å². The van der Waals surface area contributed by atoms with E-state index < -0.39 is 0 Å². The van der Waals surface area contributed by atoms with Gasteiger partial charge in [-0.2, -0.15) is 0 Å². The quantitative estimate of drug-likeness (QED) is 0.800. The van der Waals surface area contributed by atoms with E-state index >= 15 is 0 Å². The standard InChI is InChI=1S/C11H10BrClN2O/c1-7(13)5-15-6-14-10-3-2-8(12)4-9(10)11(15)16/h2-4,6-7H,5H2,1H3. The second kappa shape index (κ2) is 4.55. The van der Waals surface area contributed by atoms with Crippen LogP contribution in [0.4, 0.5) is 0 Å². The van der Waals surface area contributed by atoms with Crippen LogP contribution >= 0.6 is 27.5 Å². The van der Waals surface area contributed by atoms with Crippen LogP contribution in [0, 0.1) is 0 Å². The van der Waals surface area contributed by atoms with Crippen molar-refractivity contribution < 1.29 is 0 Å². The van der Waals surface area contributed by atoms with Gasteiger partial charge in [-0.15, -0.1) is 11.6 Å². The summed E-state index contributed by atoms with van der Waals surface area (Å²) in [4.78, 5) is 16.3. The SMILES string of the molecule is CC(Cl)Cn1cnc2ccc(Br)cc2c1=O. The van der Waals surface area contributed by atoms with E-state index in [9.17, 15) is 4.79 Å². The highest BCUT2D eigenvalue weighted by Gasteiger charge is 2.06. The van der Waals surface area contributed by atoms with Gasteiger partial charge in [-0.1, -0.05) is 15.9 Å². The van der Waals surface area contributed by atoms with E-state index in [-0.39, 0.29) is 10.9 Å². The second-order valence-electron chi connectivity index (χ2n) is 3.64. The fraction of sp³-hybridized carbons (Fsp3) is 0.273. The van der Waals surface area contributed by atoms with Crippen molar-refractivity contribution in [2.75, 3.05) is 0 Å². The molecule has 0 aliphatic heterocycles. The Kier molecular flexibility index (Phi) is 3.30. The maximum absolute atomic E-state index is 12.1. The van der Waals surface area contributed by atoms with Crippen LogP contribution in [0.1, 0.15) is 6.92 Å². The van der Waals surface area contributed by atoms with Crippen LogP contribution in [0.15, 0.2) is 33.8 Å². The molecule has 0 saturated carbocycles. The van der Waals surface area contributed by atoms with E-state index in [0.29, 0.717) is 17.4 Å². The fourth-order valence-electron chi connectivity index (χ4n) is 1.53. The van der Waals surface area contributed by atoms with E-state index in [0.717, 1.165) is 4.47 Å². The average Bonchev–Trinajstić information content (AvgIpc) is 2.22. The Hall–Kier alpha value is -0.870. The van der Waals surface area contributed by atoms with Crippen molar-refractivity contribution in [2.45, 2.75) is 18.8 Å². The van der Waals surface area contributed by atoms with E-state index in [2.05, 4.69) is 20.9 Å². The van der Waals surface area contributed by atoms with Crippen molar-refractivity contribution >= 4 is 38.4 Å². The van der Waals surface area contributed by atoms with Crippen molar-refractivity contribution in [1.82, 2.24) is 9.55 Å². The summed E-state index contributed by atoms with van der Waals surface area (Å²) in [5, 5.41) is 0.512. The lowest BCUT2D eigenvalue weighted by Crippen LogP contribution is -2.23. The van der Waals surface area contributed by atoms with Crippen LogP contribution in [0.5, 0.6) is 0 Å². The highest BCUT2D eigenvalue weighted by Crippen LogP contribution is 2.14. The third-order valence-electron chi connectivity index (χ3n) is 2.23. The van der Waals surface area contributed by atoms with E-state index in [4.69, 9.17) is 11.6 Å². The van der Waals surface area contributed by atoms with Gasteiger partial charge in [0.1, 0.15) is 0 Å². The number of hydrogen-bond acceptors (Lipinski definition) is 2. The van der Waals surface area contributed by atoms with Gasteiger partial charge in [0.25, 0.3) is 5.56 Å². The second-order valence-corrected chi connectivity index (χ2v) is 5.31. The number of hydrogen-bond donors (Lipinski definition) is 0. The summed E-state index contributed by atoms with van der Waals surface area (Å²) < 4.78 is 2.41. The van der Waals surface area contributed by atoms with Crippen LogP contribution in [-0.4, -0.2) is 14.9 Å². The molecule has 1 unspecified atom stereocenters. The summed E-state index contributed by atoms with van der Waals surface area (Å²) in [6, 6.07) is 5.46. The van der Waals surface area contributed by atoms with Crippen molar-refractivity contribution in [3.05, 3.63) is 39.4 Å². The van der Waals surface area contributed by atoms with Crippen molar-refractivity contribution in [3.8, 4) is 0 Å². The maximum Gasteiger partial charge on any atom is 0.261 e. The first-order chi connectivity index (χ1) is 7.58. The van der Waals surface area contributed by atoms with E-state index in [1.165, 1.54) is 10.9 Å². The van der Waals surface area contributed by atoms with Crippen LogP contribution in [-0.2, 0) is 6.54 Å². The molecule has 0 fully saturated rings. The molecule has 1 atom stereocenters. The first-order valence-electron chi connectivity index (χ1n) is 4.86. The van der Waals surface area contributed by atoms with Gasteiger partial charge in [0.05, 0.1) is 17.2 Å². The molecule has 2 rings (SSSR count). The number of nitrogens with zero attached hydrogens (tertiary/aromatic N) is 2. The minimum atomic E-state index is -0.0934. The van der Waals surface area contributed by atoms with Gasteiger partial charge < -0.3 is 0 Å². The Morgan fingerprint density at radius 3 is 3.00 bits per heavy atom. The molecule has 0 aliphatic rings. The number of halogens is 2. The number of rotatable bonds is 2. The predicted octanol–water partition coefficient (Wildman–Crippen LogP) is 2.79. The third-order valence-corrected chi connectivity index (χ3v) is 2.87. The molecule has 0 bridgehead atoms. The van der Waals surface area contributed by atoms with Crippen LogP contribution in [0.2, 0.25) is 0 Å². The molecule has 0 spiro atoms. The van der Waals surface area contributed by atoms with Gasteiger partial charge in [0, 0.05) is 16.4 Å². The molecule has 1 aromatic carbocycles. The lowest BCUT2D eigenvalue weighted by Gasteiger charge is -2.07. The monoisotopic (exact) mass is 300 g/mol. The zero-order valence-electron chi connectivity index (χ0n) is 8.65. The molecular formula is C11H10BrClN2O.